The number of rotatable bonds is 0. The first-order valence-corrected chi connectivity index (χ1v) is 4.06. The van der Waals surface area contributed by atoms with Crippen LogP contribution in [0.1, 0.15) is 19.8 Å². The smallest absolute Gasteiger partial charge is 0.219 e. The van der Waals surface area contributed by atoms with Crippen LogP contribution in [0.5, 0.6) is 0 Å². The zero-order valence-corrected chi connectivity index (χ0v) is 7.68. The summed E-state index contributed by atoms with van der Waals surface area (Å²) in [4.78, 5) is 12.5. The molecular formula is C8H18N2O. The van der Waals surface area contributed by atoms with E-state index in [-0.39, 0.29) is 5.91 Å². The Bertz CT molecular complexity index is 109. The van der Waals surface area contributed by atoms with E-state index in [2.05, 4.69) is 5.32 Å². The number of amides is 1. The van der Waals surface area contributed by atoms with Crippen LogP contribution in [0.4, 0.5) is 0 Å². The highest BCUT2D eigenvalue weighted by molar-refractivity contribution is 5.73. The summed E-state index contributed by atoms with van der Waals surface area (Å²) in [7, 11) is 3.75. The standard InChI is InChI=1S/C6H11NO.C2H7N/c1-6(8)7-4-2-3-5-7;1-3-2/h2-5H2,1H3;3H,1-2H3. The van der Waals surface area contributed by atoms with Gasteiger partial charge in [0, 0.05) is 20.0 Å². The van der Waals surface area contributed by atoms with Crippen molar-refractivity contribution >= 4 is 5.91 Å². The predicted molar refractivity (Wildman–Crippen MR) is 46.5 cm³/mol. The molecule has 1 N–H and O–H groups in total. The molecule has 1 saturated heterocycles. The molecule has 11 heavy (non-hydrogen) atoms. The summed E-state index contributed by atoms with van der Waals surface area (Å²) in [6.45, 7) is 3.59. The minimum atomic E-state index is 0.225. The first-order valence-electron chi connectivity index (χ1n) is 4.06. The molecule has 0 unspecified atom stereocenters. The van der Waals surface area contributed by atoms with Gasteiger partial charge in [0.05, 0.1) is 0 Å². The van der Waals surface area contributed by atoms with E-state index in [4.69, 9.17) is 0 Å². The Balaban J connectivity index is 0.000000292. The zero-order chi connectivity index (χ0) is 8.69. The van der Waals surface area contributed by atoms with Crippen molar-refractivity contribution in [2.45, 2.75) is 19.8 Å². The fraction of sp³-hybridized carbons (Fsp3) is 0.875. The largest absolute Gasteiger partial charge is 0.343 e. The molecule has 1 aliphatic rings. The Morgan fingerprint density at radius 1 is 1.27 bits per heavy atom. The maximum Gasteiger partial charge on any atom is 0.219 e. The molecule has 1 aliphatic heterocycles. The van der Waals surface area contributed by atoms with Crippen molar-refractivity contribution in [1.29, 1.82) is 0 Å². The molecule has 0 aromatic carbocycles. The number of carbonyl (C=O) groups is 1. The van der Waals surface area contributed by atoms with Gasteiger partial charge in [-0.05, 0) is 26.9 Å². The maximum atomic E-state index is 10.6. The lowest BCUT2D eigenvalue weighted by Gasteiger charge is -2.10. The molecule has 3 nitrogen and oxygen atoms in total. The van der Waals surface area contributed by atoms with Crippen LogP contribution in [-0.4, -0.2) is 38.0 Å². The second-order valence-corrected chi connectivity index (χ2v) is 2.71. The van der Waals surface area contributed by atoms with Crippen molar-refractivity contribution in [3.05, 3.63) is 0 Å². The fourth-order valence-corrected chi connectivity index (χ4v) is 1.03. The summed E-state index contributed by atoms with van der Waals surface area (Å²) in [6, 6.07) is 0. The topological polar surface area (TPSA) is 32.3 Å². The van der Waals surface area contributed by atoms with E-state index in [1.165, 1.54) is 12.8 Å². The van der Waals surface area contributed by atoms with Crippen molar-refractivity contribution in [1.82, 2.24) is 10.2 Å². The van der Waals surface area contributed by atoms with Gasteiger partial charge < -0.3 is 10.2 Å². The first-order chi connectivity index (χ1) is 5.22. The molecule has 0 aromatic rings. The van der Waals surface area contributed by atoms with Crippen LogP contribution in [0.15, 0.2) is 0 Å². The van der Waals surface area contributed by atoms with Crippen molar-refractivity contribution < 1.29 is 4.79 Å². The van der Waals surface area contributed by atoms with Gasteiger partial charge in [-0.1, -0.05) is 0 Å². The van der Waals surface area contributed by atoms with Crippen LogP contribution in [0, 0.1) is 0 Å². The molecule has 3 heteroatoms. The van der Waals surface area contributed by atoms with Crippen LogP contribution in [0.3, 0.4) is 0 Å². The monoisotopic (exact) mass is 158 g/mol. The van der Waals surface area contributed by atoms with Crippen LogP contribution < -0.4 is 5.32 Å². The van der Waals surface area contributed by atoms with Gasteiger partial charge in [0.15, 0.2) is 0 Å². The summed E-state index contributed by atoms with van der Waals surface area (Å²) < 4.78 is 0. The highest BCUT2D eigenvalue weighted by Gasteiger charge is 2.12. The Morgan fingerprint density at radius 2 is 1.64 bits per heavy atom. The average molecular weight is 158 g/mol. The molecule has 0 atom stereocenters. The lowest BCUT2D eigenvalue weighted by atomic mass is 10.4. The Kier molecular flexibility index (Phi) is 5.84. The van der Waals surface area contributed by atoms with Crippen LogP contribution >= 0.6 is 0 Å². The molecular weight excluding hydrogens is 140 g/mol. The molecule has 1 heterocycles. The van der Waals surface area contributed by atoms with E-state index in [9.17, 15) is 4.79 Å². The van der Waals surface area contributed by atoms with Gasteiger partial charge in [-0.15, -0.1) is 0 Å². The number of hydrogen-bond donors (Lipinski definition) is 1. The third-order valence-electron chi connectivity index (χ3n) is 1.55. The molecule has 0 saturated carbocycles. The second-order valence-electron chi connectivity index (χ2n) is 2.71. The minimum absolute atomic E-state index is 0.225. The summed E-state index contributed by atoms with van der Waals surface area (Å²) in [5.41, 5.74) is 0. The Labute approximate surface area is 68.8 Å². The summed E-state index contributed by atoms with van der Waals surface area (Å²) in [5.74, 6) is 0.225. The lowest BCUT2D eigenvalue weighted by molar-refractivity contribution is -0.127. The highest BCUT2D eigenvalue weighted by atomic mass is 16.2. The lowest BCUT2D eigenvalue weighted by Crippen LogP contribution is -2.24. The van der Waals surface area contributed by atoms with Gasteiger partial charge in [-0.3, -0.25) is 4.79 Å². The van der Waals surface area contributed by atoms with E-state index in [1.807, 2.05) is 19.0 Å². The second kappa shape index (κ2) is 6.16. The maximum absolute atomic E-state index is 10.6. The molecule has 0 aliphatic carbocycles. The summed E-state index contributed by atoms with van der Waals surface area (Å²) in [5, 5.41) is 2.75. The molecule has 1 amide bonds. The molecule has 1 rings (SSSR count). The normalized spacial score (nSPS) is 15.7. The van der Waals surface area contributed by atoms with Crippen LogP contribution in [-0.2, 0) is 4.79 Å². The average Bonchev–Trinajstić information content (AvgIpc) is 2.38. The SMILES string of the molecule is CC(=O)N1CCCC1.CNC. The van der Waals surface area contributed by atoms with Gasteiger partial charge in [-0.25, -0.2) is 0 Å². The van der Waals surface area contributed by atoms with Crippen molar-refractivity contribution in [3.63, 3.8) is 0 Å². The van der Waals surface area contributed by atoms with Crippen molar-refractivity contribution in [2.75, 3.05) is 27.2 Å². The summed E-state index contributed by atoms with van der Waals surface area (Å²) in [6.07, 6.45) is 2.39. The van der Waals surface area contributed by atoms with Gasteiger partial charge in [0.1, 0.15) is 0 Å². The number of hydrogen-bond acceptors (Lipinski definition) is 2. The van der Waals surface area contributed by atoms with E-state index >= 15 is 0 Å². The molecule has 0 radical (unpaired) electrons. The molecule has 0 bridgehead atoms. The quantitative estimate of drug-likeness (QED) is 0.555. The number of likely N-dealkylation sites (tertiary alicyclic amines) is 1. The van der Waals surface area contributed by atoms with Gasteiger partial charge in [0.2, 0.25) is 5.91 Å². The first kappa shape index (κ1) is 10.4. The van der Waals surface area contributed by atoms with Crippen molar-refractivity contribution in [3.8, 4) is 0 Å². The van der Waals surface area contributed by atoms with E-state index in [0.29, 0.717) is 0 Å². The fourth-order valence-electron chi connectivity index (χ4n) is 1.03. The van der Waals surface area contributed by atoms with E-state index < -0.39 is 0 Å². The van der Waals surface area contributed by atoms with Crippen molar-refractivity contribution in [2.24, 2.45) is 0 Å². The highest BCUT2D eigenvalue weighted by Crippen LogP contribution is 2.05. The number of carbonyl (C=O) groups excluding carboxylic acids is 1. The van der Waals surface area contributed by atoms with E-state index in [1.54, 1.807) is 6.92 Å². The van der Waals surface area contributed by atoms with E-state index in [0.717, 1.165) is 13.1 Å². The molecule has 0 aromatic heterocycles. The number of nitrogens with one attached hydrogen (secondary N) is 1. The number of nitrogens with zero attached hydrogens (tertiary/aromatic N) is 1. The molecule has 0 spiro atoms. The van der Waals surface area contributed by atoms with Crippen LogP contribution in [0.25, 0.3) is 0 Å². The predicted octanol–water partition coefficient (Wildman–Crippen LogP) is 0.464. The van der Waals surface area contributed by atoms with Gasteiger partial charge in [-0.2, -0.15) is 0 Å². The minimum Gasteiger partial charge on any atom is -0.343 e. The summed E-state index contributed by atoms with van der Waals surface area (Å²) >= 11 is 0. The zero-order valence-electron chi connectivity index (χ0n) is 7.68. The van der Waals surface area contributed by atoms with Crippen LogP contribution in [0.2, 0.25) is 0 Å². The third kappa shape index (κ3) is 4.79. The van der Waals surface area contributed by atoms with Gasteiger partial charge >= 0.3 is 0 Å². The molecule has 66 valence electrons. The Hall–Kier alpha value is -0.570. The van der Waals surface area contributed by atoms with Gasteiger partial charge in [0.25, 0.3) is 0 Å². The molecule has 1 fully saturated rings. The third-order valence-corrected chi connectivity index (χ3v) is 1.55. The Morgan fingerprint density at radius 3 is 1.82 bits per heavy atom.